The normalized spacial score (nSPS) is 13.8. The van der Waals surface area contributed by atoms with E-state index in [9.17, 15) is 0 Å². The van der Waals surface area contributed by atoms with Crippen LogP contribution in [0.15, 0.2) is 0 Å². The van der Waals surface area contributed by atoms with E-state index in [1.54, 1.807) is 0 Å². The van der Waals surface area contributed by atoms with Crippen molar-refractivity contribution in [1.82, 2.24) is 0 Å². The molecule has 0 saturated heterocycles. The summed E-state index contributed by atoms with van der Waals surface area (Å²) in [5.41, 5.74) is 0.401. The van der Waals surface area contributed by atoms with Crippen molar-refractivity contribution in [2.45, 2.75) is 60.5 Å². The second kappa shape index (κ2) is 4.45. The summed E-state index contributed by atoms with van der Waals surface area (Å²) in [5.74, 6) is 0.576. The average molecular weight is 186 g/mol. The van der Waals surface area contributed by atoms with Crippen LogP contribution in [0.1, 0.15) is 54.9 Å². The zero-order valence-electron chi connectivity index (χ0n) is 10.4. The van der Waals surface area contributed by atoms with Gasteiger partial charge in [0.25, 0.3) is 0 Å². The third-order valence-corrected chi connectivity index (χ3v) is 2.72. The monoisotopic (exact) mass is 186 g/mol. The van der Waals surface area contributed by atoms with Crippen molar-refractivity contribution in [2.75, 3.05) is 6.61 Å². The molecule has 0 aromatic rings. The van der Waals surface area contributed by atoms with Crippen LogP contribution >= 0.6 is 0 Å². The smallest absolute Gasteiger partial charge is 0.0649 e. The van der Waals surface area contributed by atoms with Gasteiger partial charge < -0.3 is 4.74 Å². The topological polar surface area (TPSA) is 9.23 Å². The number of hydrogen-bond donors (Lipinski definition) is 0. The lowest BCUT2D eigenvalue weighted by Gasteiger charge is -2.31. The maximum absolute atomic E-state index is 5.87. The highest BCUT2D eigenvalue weighted by molar-refractivity contribution is 4.73. The van der Waals surface area contributed by atoms with E-state index in [2.05, 4.69) is 48.5 Å². The van der Waals surface area contributed by atoms with Gasteiger partial charge >= 0.3 is 0 Å². The minimum absolute atomic E-state index is 0.0191. The zero-order chi connectivity index (χ0) is 10.7. The second-order valence-electron chi connectivity index (χ2n) is 5.92. The van der Waals surface area contributed by atoms with Gasteiger partial charge in [-0.15, -0.1) is 0 Å². The van der Waals surface area contributed by atoms with Crippen LogP contribution in [0.3, 0.4) is 0 Å². The van der Waals surface area contributed by atoms with Crippen LogP contribution in [-0.4, -0.2) is 12.2 Å². The Bertz CT molecular complexity index is 140. The Hall–Kier alpha value is -0.0400. The van der Waals surface area contributed by atoms with E-state index >= 15 is 0 Å². The molecule has 0 N–H and O–H groups in total. The first-order valence-corrected chi connectivity index (χ1v) is 5.29. The first kappa shape index (κ1) is 13.0. The molecule has 0 atom stereocenters. The highest BCUT2D eigenvalue weighted by Crippen LogP contribution is 2.24. The summed E-state index contributed by atoms with van der Waals surface area (Å²) in [4.78, 5) is 0. The summed E-state index contributed by atoms with van der Waals surface area (Å²) in [6.07, 6.45) is 1.13. The molecule has 0 aromatic heterocycles. The first-order chi connectivity index (χ1) is 5.65. The highest BCUT2D eigenvalue weighted by Gasteiger charge is 2.23. The molecule has 0 radical (unpaired) electrons. The summed E-state index contributed by atoms with van der Waals surface area (Å²) < 4.78 is 5.87. The van der Waals surface area contributed by atoms with E-state index in [1.165, 1.54) is 0 Å². The van der Waals surface area contributed by atoms with E-state index in [1.807, 2.05) is 0 Å². The van der Waals surface area contributed by atoms with Gasteiger partial charge in [0.2, 0.25) is 0 Å². The van der Waals surface area contributed by atoms with Crippen molar-refractivity contribution in [3.63, 3.8) is 0 Å². The molecule has 0 amide bonds. The summed E-state index contributed by atoms with van der Waals surface area (Å²) in [6, 6.07) is 0. The number of hydrogen-bond acceptors (Lipinski definition) is 1. The predicted octanol–water partition coefficient (Wildman–Crippen LogP) is 3.87. The van der Waals surface area contributed by atoms with Gasteiger partial charge in [-0.3, -0.25) is 0 Å². The fraction of sp³-hybridized carbons (Fsp3) is 1.00. The van der Waals surface area contributed by atoms with Gasteiger partial charge in [-0.05, 0) is 31.6 Å². The molecule has 13 heavy (non-hydrogen) atoms. The van der Waals surface area contributed by atoms with Crippen molar-refractivity contribution in [2.24, 2.45) is 11.3 Å². The summed E-state index contributed by atoms with van der Waals surface area (Å²) in [7, 11) is 0. The lowest BCUT2D eigenvalue weighted by Crippen LogP contribution is -2.32. The van der Waals surface area contributed by atoms with Crippen LogP contribution in [0.5, 0.6) is 0 Å². The molecule has 0 unspecified atom stereocenters. The molecule has 0 saturated carbocycles. The number of ether oxygens (including phenoxy) is 1. The minimum Gasteiger partial charge on any atom is -0.375 e. The van der Waals surface area contributed by atoms with Gasteiger partial charge in [0, 0.05) is 6.61 Å². The van der Waals surface area contributed by atoms with Gasteiger partial charge in [-0.1, -0.05) is 34.6 Å². The maximum atomic E-state index is 5.87. The molecule has 1 heteroatoms. The van der Waals surface area contributed by atoms with Crippen molar-refractivity contribution in [1.29, 1.82) is 0 Å². The number of rotatable bonds is 4. The van der Waals surface area contributed by atoms with E-state index in [-0.39, 0.29) is 5.60 Å². The Labute approximate surface area is 83.9 Å². The third kappa shape index (κ3) is 6.09. The predicted molar refractivity (Wildman–Crippen MR) is 58.9 cm³/mol. The quantitative estimate of drug-likeness (QED) is 0.647. The van der Waals surface area contributed by atoms with Gasteiger partial charge in [-0.25, -0.2) is 0 Å². The molecule has 80 valence electrons. The molecule has 0 aliphatic heterocycles. The standard InChI is InChI=1S/C12H26O/c1-10(2)12(6,7)13-9-8-11(3,4)5/h10H,8-9H2,1-7H3. The molecule has 0 bridgehead atoms. The maximum Gasteiger partial charge on any atom is 0.0649 e. The summed E-state index contributed by atoms with van der Waals surface area (Å²) in [6.45, 7) is 16.4. The van der Waals surface area contributed by atoms with Crippen LogP contribution in [0.4, 0.5) is 0 Å². The summed E-state index contributed by atoms with van der Waals surface area (Å²) in [5, 5.41) is 0. The molecule has 0 aliphatic carbocycles. The Balaban J connectivity index is 3.77. The third-order valence-electron chi connectivity index (χ3n) is 2.72. The fourth-order valence-corrected chi connectivity index (χ4v) is 0.787. The minimum atomic E-state index is 0.0191. The largest absolute Gasteiger partial charge is 0.375 e. The van der Waals surface area contributed by atoms with E-state index in [0.717, 1.165) is 13.0 Å². The Morgan fingerprint density at radius 2 is 1.46 bits per heavy atom. The van der Waals surface area contributed by atoms with Crippen molar-refractivity contribution < 1.29 is 4.74 Å². The summed E-state index contributed by atoms with van der Waals surface area (Å²) >= 11 is 0. The van der Waals surface area contributed by atoms with Crippen molar-refractivity contribution >= 4 is 0 Å². The van der Waals surface area contributed by atoms with Gasteiger partial charge in [0.15, 0.2) is 0 Å². The van der Waals surface area contributed by atoms with E-state index < -0.39 is 0 Å². The van der Waals surface area contributed by atoms with E-state index in [0.29, 0.717) is 11.3 Å². The van der Waals surface area contributed by atoms with Crippen molar-refractivity contribution in [3.05, 3.63) is 0 Å². The average Bonchev–Trinajstić information content (AvgIpc) is 1.82. The SMILES string of the molecule is CC(C)C(C)(C)OCCC(C)(C)C. The molecular weight excluding hydrogens is 160 g/mol. The molecule has 0 aromatic carbocycles. The van der Waals surface area contributed by atoms with Crippen molar-refractivity contribution in [3.8, 4) is 0 Å². The second-order valence-corrected chi connectivity index (χ2v) is 5.92. The molecule has 0 fully saturated rings. The van der Waals surface area contributed by atoms with Crippen LogP contribution in [0.2, 0.25) is 0 Å². The molecule has 0 heterocycles. The molecular formula is C12H26O. The van der Waals surface area contributed by atoms with Gasteiger partial charge in [0.05, 0.1) is 5.60 Å². The van der Waals surface area contributed by atoms with Crippen LogP contribution in [0, 0.1) is 11.3 Å². The Morgan fingerprint density at radius 3 is 1.77 bits per heavy atom. The van der Waals surface area contributed by atoms with Gasteiger partial charge in [-0.2, -0.15) is 0 Å². The Kier molecular flexibility index (Phi) is 4.44. The van der Waals surface area contributed by atoms with Crippen LogP contribution < -0.4 is 0 Å². The molecule has 0 rings (SSSR count). The fourth-order valence-electron chi connectivity index (χ4n) is 0.787. The molecule has 1 nitrogen and oxygen atoms in total. The lowest BCUT2D eigenvalue weighted by atomic mass is 9.92. The zero-order valence-corrected chi connectivity index (χ0v) is 10.4. The van der Waals surface area contributed by atoms with E-state index in [4.69, 9.17) is 4.74 Å². The highest BCUT2D eigenvalue weighted by atomic mass is 16.5. The lowest BCUT2D eigenvalue weighted by molar-refractivity contribution is -0.0580. The molecule has 0 spiro atoms. The Morgan fingerprint density at radius 1 is 1.00 bits per heavy atom. The van der Waals surface area contributed by atoms with Crippen LogP contribution in [-0.2, 0) is 4.74 Å². The van der Waals surface area contributed by atoms with Gasteiger partial charge in [0.1, 0.15) is 0 Å². The van der Waals surface area contributed by atoms with Crippen LogP contribution in [0.25, 0.3) is 0 Å². The molecule has 0 aliphatic rings. The first-order valence-electron chi connectivity index (χ1n) is 5.29.